The van der Waals surface area contributed by atoms with Crippen LogP contribution < -0.4 is 15.4 Å². The highest BCUT2D eigenvalue weighted by Gasteiger charge is 2.20. The molecule has 28 heavy (non-hydrogen) atoms. The Hall–Kier alpha value is -1.99. The average Bonchev–Trinajstić information content (AvgIpc) is 2.67. The second-order valence-corrected chi connectivity index (χ2v) is 7.51. The zero-order chi connectivity index (χ0) is 20.4. The van der Waals surface area contributed by atoms with Gasteiger partial charge in [-0.25, -0.2) is 0 Å². The molecule has 158 valence electrons. The van der Waals surface area contributed by atoms with Crippen LogP contribution >= 0.6 is 0 Å². The number of para-hydroxylation sites is 1. The van der Waals surface area contributed by atoms with E-state index in [2.05, 4.69) is 29.4 Å². The quantitative estimate of drug-likeness (QED) is 0.440. The number of nitrogens with zero attached hydrogens (tertiary/aromatic N) is 2. The largest absolute Gasteiger partial charge is 0.504 e. The smallest absolute Gasteiger partial charge is 0.191 e. The van der Waals surface area contributed by atoms with Crippen LogP contribution in [-0.4, -0.2) is 75.1 Å². The molecule has 1 aromatic carbocycles. The molecule has 0 bridgehead atoms. The highest BCUT2D eigenvalue weighted by molar-refractivity contribution is 5.79. The third kappa shape index (κ3) is 7.20. The number of phenolic OH excluding ortho intramolecular Hbond substituents is 1. The fourth-order valence-electron chi connectivity index (χ4n) is 3.36. The summed E-state index contributed by atoms with van der Waals surface area (Å²) in [5, 5.41) is 16.8. The van der Waals surface area contributed by atoms with E-state index in [-0.39, 0.29) is 11.9 Å². The molecule has 0 saturated carbocycles. The standard InChI is InChI=1S/C21H36N4O3/c1-5-22-21(23-10-9-17-7-6-8-19(27-4)20(17)26)24-13-18-15-25(11-12-28-18)14-16(2)3/h6-8,16,18,26H,5,9-15H2,1-4H3,(H2,22,23,24). The van der Waals surface area contributed by atoms with Crippen molar-refractivity contribution in [2.45, 2.75) is 33.3 Å². The second kappa shape index (κ2) is 11.8. The first kappa shape index (κ1) is 22.3. The number of benzene rings is 1. The zero-order valence-electron chi connectivity index (χ0n) is 17.7. The van der Waals surface area contributed by atoms with Crippen LogP contribution in [0.3, 0.4) is 0 Å². The predicted molar refractivity (Wildman–Crippen MR) is 113 cm³/mol. The monoisotopic (exact) mass is 392 g/mol. The molecule has 0 aliphatic carbocycles. The van der Waals surface area contributed by atoms with Crippen molar-refractivity contribution in [1.82, 2.24) is 15.5 Å². The summed E-state index contributed by atoms with van der Waals surface area (Å²) in [6.07, 6.45) is 0.806. The van der Waals surface area contributed by atoms with Crippen LogP contribution in [0.1, 0.15) is 26.3 Å². The Morgan fingerprint density at radius 3 is 2.93 bits per heavy atom. The number of rotatable bonds is 9. The molecule has 0 radical (unpaired) electrons. The molecule has 2 rings (SSSR count). The Morgan fingerprint density at radius 2 is 2.21 bits per heavy atom. The number of phenols is 1. The summed E-state index contributed by atoms with van der Waals surface area (Å²) in [6.45, 7) is 12.4. The van der Waals surface area contributed by atoms with Gasteiger partial charge in [0.2, 0.25) is 0 Å². The zero-order valence-corrected chi connectivity index (χ0v) is 17.7. The summed E-state index contributed by atoms with van der Waals surface area (Å²) in [5.74, 6) is 2.14. The Bertz CT molecular complexity index is 622. The number of methoxy groups -OCH3 is 1. The molecule has 0 spiro atoms. The van der Waals surface area contributed by atoms with Gasteiger partial charge in [-0.3, -0.25) is 9.89 Å². The van der Waals surface area contributed by atoms with Gasteiger partial charge in [0.15, 0.2) is 17.5 Å². The Morgan fingerprint density at radius 1 is 1.39 bits per heavy atom. The first-order valence-electron chi connectivity index (χ1n) is 10.2. The van der Waals surface area contributed by atoms with Gasteiger partial charge in [-0.05, 0) is 30.9 Å². The number of nitrogens with one attached hydrogen (secondary N) is 2. The molecule has 1 heterocycles. The van der Waals surface area contributed by atoms with E-state index >= 15 is 0 Å². The van der Waals surface area contributed by atoms with E-state index in [0.29, 0.717) is 31.2 Å². The van der Waals surface area contributed by atoms with Gasteiger partial charge >= 0.3 is 0 Å². The maximum atomic E-state index is 10.2. The number of hydrogen-bond donors (Lipinski definition) is 3. The number of aromatic hydroxyl groups is 1. The van der Waals surface area contributed by atoms with Crippen molar-refractivity contribution < 1.29 is 14.6 Å². The summed E-state index contributed by atoms with van der Waals surface area (Å²) in [4.78, 5) is 7.15. The maximum Gasteiger partial charge on any atom is 0.191 e. The average molecular weight is 393 g/mol. The molecule has 1 aliphatic heterocycles. The van der Waals surface area contributed by atoms with E-state index in [1.807, 2.05) is 19.1 Å². The summed E-state index contributed by atoms with van der Waals surface area (Å²) in [5.41, 5.74) is 0.850. The number of guanidine groups is 1. The fraction of sp³-hybridized carbons (Fsp3) is 0.667. The number of aliphatic imine (C=N–C) groups is 1. The fourth-order valence-corrected chi connectivity index (χ4v) is 3.36. The molecule has 0 aromatic heterocycles. The minimum Gasteiger partial charge on any atom is -0.504 e. The van der Waals surface area contributed by atoms with Crippen LogP contribution in [-0.2, 0) is 11.2 Å². The van der Waals surface area contributed by atoms with Crippen molar-refractivity contribution in [3.8, 4) is 11.5 Å². The van der Waals surface area contributed by atoms with Crippen LogP contribution in [0.4, 0.5) is 0 Å². The molecule has 1 saturated heterocycles. The number of hydrogen-bond acceptors (Lipinski definition) is 5. The van der Waals surface area contributed by atoms with Crippen LogP contribution in [0.25, 0.3) is 0 Å². The Labute approximate surface area is 169 Å². The molecule has 0 amide bonds. The lowest BCUT2D eigenvalue weighted by Crippen LogP contribution is -2.46. The number of ether oxygens (including phenoxy) is 2. The molecule has 3 N–H and O–H groups in total. The predicted octanol–water partition coefficient (Wildman–Crippen LogP) is 1.86. The minimum absolute atomic E-state index is 0.130. The SMILES string of the molecule is CCNC(=NCC1CN(CC(C)C)CCO1)NCCc1cccc(OC)c1O. The van der Waals surface area contributed by atoms with E-state index in [4.69, 9.17) is 14.5 Å². The summed E-state index contributed by atoms with van der Waals surface area (Å²) >= 11 is 0. The van der Waals surface area contributed by atoms with Crippen molar-refractivity contribution in [1.29, 1.82) is 0 Å². The van der Waals surface area contributed by atoms with E-state index in [1.54, 1.807) is 13.2 Å². The second-order valence-electron chi connectivity index (χ2n) is 7.51. The lowest BCUT2D eigenvalue weighted by molar-refractivity contribution is -0.0261. The molecular weight excluding hydrogens is 356 g/mol. The van der Waals surface area contributed by atoms with Gasteiger partial charge in [0.05, 0.1) is 26.4 Å². The topological polar surface area (TPSA) is 78.4 Å². The highest BCUT2D eigenvalue weighted by atomic mass is 16.5. The molecule has 1 aromatic rings. The third-order valence-corrected chi connectivity index (χ3v) is 4.63. The van der Waals surface area contributed by atoms with E-state index < -0.39 is 0 Å². The third-order valence-electron chi connectivity index (χ3n) is 4.63. The van der Waals surface area contributed by atoms with Gasteiger partial charge in [-0.2, -0.15) is 0 Å². The number of morpholine rings is 1. The summed E-state index contributed by atoms with van der Waals surface area (Å²) in [7, 11) is 1.56. The maximum absolute atomic E-state index is 10.2. The summed E-state index contributed by atoms with van der Waals surface area (Å²) in [6, 6.07) is 5.55. The molecule has 1 unspecified atom stereocenters. The molecule has 7 nitrogen and oxygen atoms in total. The highest BCUT2D eigenvalue weighted by Crippen LogP contribution is 2.29. The molecule has 7 heteroatoms. The summed E-state index contributed by atoms with van der Waals surface area (Å²) < 4.78 is 11.0. The van der Waals surface area contributed by atoms with E-state index in [1.165, 1.54) is 0 Å². The Balaban J connectivity index is 1.85. The van der Waals surface area contributed by atoms with Gasteiger partial charge in [-0.1, -0.05) is 26.0 Å². The van der Waals surface area contributed by atoms with Gasteiger partial charge in [-0.15, -0.1) is 0 Å². The van der Waals surface area contributed by atoms with E-state index in [0.717, 1.165) is 44.3 Å². The normalized spacial score (nSPS) is 18.3. The lowest BCUT2D eigenvalue weighted by Gasteiger charge is -2.33. The minimum atomic E-state index is 0.130. The molecule has 1 aliphatic rings. The first-order chi connectivity index (χ1) is 13.5. The van der Waals surface area contributed by atoms with Crippen molar-refractivity contribution in [2.75, 3.05) is 53.0 Å². The molecular formula is C21H36N4O3. The van der Waals surface area contributed by atoms with Gasteiger partial charge in [0, 0.05) is 32.7 Å². The van der Waals surface area contributed by atoms with Gasteiger partial charge < -0.3 is 25.2 Å². The van der Waals surface area contributed by atoms with E-state index in [9.17, 15) is 5.11 Å². The van der Waals surface area contributed by atoms with Crippen molar-refractivity contribution in [2.24, 2.45) is 10.9 Å². The van der Waals surface area contributed by atoms with Crippen LogP contribution in [0.2, 0.25) is 0 Å². The lowest BCUT2D eigenvalue weighted by atomic mass is 10.1. The first-order valence-corrected chi connectivity index (χ1v) is 10.2. The van der Waals surface area contributed by atoms with Crippen LogP contribution in [0.15, 0.2) is 23.2 Å². The van der Waals surface area contributed by atoms with Gasteiger partial charge in [0.25, 0.3) is 0 Å². The van der Waals surface area contributed by atoms with Crippen LogP contribution in [0, 0.1) is 5.92 Å². The van der Waals surface area contributed by atoms with Gasteiger partial charge in [0.1, 0.15) is 0 Å². The van der Waals surface area contributed by atoms with Crippen molar-refractivity contribution >= 4 is 5.96 Å². The Kier molecular flexibility index (Phi) is 9.37. The van der Waals surface area contributed by atoms with Crippen LogP contribution in [0.5, 0.6) is 11.5 Å². The van der Waals surface area contributed by atoms with Crippen molar-refractivity contribution in [3.63, 3.8) is 0 Å². The molecule has 1 atom stereocenters. The van der Waals surface area contributed by atoms with Crippen molar-refractivity contribution in [3.05, 3.63) is 23.8 Å². The molecule has 1 fully saturated rings.